The molecule has 0 aliphatic rings. The van der Waals surface area contributed by atoms with Gasteiger partial charge in [0.15, 0.2) is 0 Å². The van der Waals surface area contributed by atoms with Crippen molar-refractivity contribution in [2.75, 3.05) is 0 Å². The van der Waals surface area contributed by atoms with Crippen molar-refractivity contribution in [1.29, 1.82) is 0 Å². The lowest BCUT2D eigenvalue weighted by Gasteiger charge is -2.07. The molecule has 0 spiro atoms. The minimum absolute atomic E-state index is 0.0488. The number of rotatable bonds is 3. The molecule has 2 amide bonds. The largest absolute Gasteiger partial charge is 0.352 e. The molecule has 9 heteroatoms. The Balaban J connectivity index is 2.06. The van der Waals surface area contributed by atoms with Gasteiger partial charge in [-0.15, -0.1) is 0 Å². The fourth-order valence-corrected chi connectivity index (χ4v) is 1.84. The van der Waals surface area contributed by atoms with E-state index in [-0.39, 0.29) is 21.5 Å². The van der Waals surface area contributed by atoms with Crippen molar-refractivity contribution >= 4 is 29.7 Å². The molecular formula is C13H10N4O4S. The van der Waals surface area contributed by atoms with Crippen molar-refractivity contribution in [2.45, 2.75) is 0 Å². The van der Waals surface area contributed by atoms with Crippen molar-refractivity contribution in [1.82, 2.24) is 15.8 Å². The van der Waals surface area contributed by atoms with E-state index in [1.54, 1.807) is 12.3 Å². The number of hydrogen-bond acceptors (Lipinski definition) is 5. The van der Waals surface area contributed by atoms with E-state index in [9.17, 15) is 19.7 Å². The van der Waals surface area contributed by atoms with Crippen LogP contribution in [0.15, 0.2) is 42.6 Å². The molecular weight excluding hydrogens is 308 g/mol. The molecule has 0 radical (unpaired) electrons. The number of aromatic amines is 1. The van der Waals surface area contributed by atoms with Gasteiger partial charge < -0.3 is 4.98 Å². The number of H-pyrrole nitrogens is 1. The number of hydrogen-bond donors (Lipinski definition) is 3. The third kappa shape index (κ3) is 3.52. The molecule has 0 aliphatic heterocycles. The Morgan fingerprint density at radius 2 is 1.86 bits per heavy atom. The number of pyridine rings is 1. The van der Waals surface area contributed by atoms with Gasteiger partial charge in [0.05, 0.1) is 10.5 Å². The highest BCUT2D eigenvalue weighted by Gasteiger charge is 2.13. The monoisotopic (exact) mass is 318 g/mol. The van der Waals surface area contributed by atoms with Gasteiger partial charge in [-0.2, -0.15) is 0 Å². The molecule has 2 rings (SSSR count). The van der Waals surface area contributed by atoms with Crippen LogP contribution in [0.4, 0.5) is 5.69 Å². The van der Waals surface area contributed by atoms with E-state index < -0.39 is 16.7 Å². The second-order valence-corrected chi connectivity index (χ2v) is 4.54. The number of non-ortho nitro benzene ring substituents is 1. The van der Waals surface area contributed by atoms with Crippen LogP contribution in [-0.2, 0) is 0 Å². The number of nitrogens with one attached hydrogen (secondary N) is 3. The summed E-state index contributed by atoms with van der Waals surface area (Å²) in [6.45, 7) is 0. The minimum atomic E-state index is -0.678. The number of hydrazine groups is 1. The number of nitro groups is 1. The molecule has 1 aromatic carbocycles. The van der Waals surface area contributed by atoms with Gasteiger partial charge in [0.2, 0.25) is 0 Å². The van der Waals surface area contributed by atoms with Crippen LogP contribution in [0.3, 0.4) is 0 Å². The van der Waals surface area contributed by atoms with Crippen LogP contribution < -0.4 is 10.9 Å². The topological polar surface area (TPSA) is 117 Å². The predicted molar refractivity (Wildman–Crippen MR) is 79.7 cm³/mol. The van der Waals surface area contributed by atoms with E-state index in [0.29, 0.717) is 0 Å². The first-order chi connectivity index (χ1) is 10.5. The number of carbonyl (C=O) groups is 2. The maximum Gasteiger partial charge on any atom is 0.272 e. The van der Waals surface area contributed by atoms with Crippen molar-refractivity contribution in [2.24, 2.45) is 0 Å². The van der Waals surface area contributed by atoms with E-state index >= 15 is 0 Å². The Morgan fingerprint density at radius 3 is 2.55 bits per heavy atom. The zero-order valence-corrected chi connectivity index (χ0v) is 11.8. The maximum atomic E-state index is 11.9. The zero-order chi connectivity index (χ0) is 16.1. The summed E-state index contributed by atoms with van der Waals surface area (Å²) in [5.41, 5.74) is 4.38. The summed E-state index contributed by atoms with van der Waals surface area (Å²) in [6.07, 6.45) is 1.57. The highest BCUT2D eigenvalue weighted by molar-refractivity contribution is 7.71. The molecule has 0 bridgehead atoms. The highest BCUT2D eigenvalue weighted by Crippen LogP contribution is 2.12. The average Bonchev–Trinajstić information content (AvgIpc) is 2.52. The van der Waals surface area contributed by atoms with Crippen LogP contribution in [-0.4, -0.2) is 21.7 Å². The van der Waals surface area contributed by atoms with Gasteiger partial charge in [0.25, 0.3) is 17.5 Å². The molecule has 8 nitrogen and oxygen atoms in total. The number of amides is 2. The molecule has 0 saturated heterocycles. The number of nitro benzene ring substituents is 1. The molecule has 22 heavy (non-hydrogen) atoms. The second kappa shape index (κ2) is 6.59. The summed E-state index contributed by atoms with van der Waals surface area (Å²) >= 11 is 4.94. The van der Waals surface area contributed by atoms with Gasteiger partial charge in [0.1, 0.15) is 4.64 Å². The molecule has 0 atom stereocenters. The molecule has 0 unspecified atom stereocenters. The molecule has 2 aromatic rings. The van der Waals surface area contributed by atoms with E-state index in [1.165, 1.54) is 24.3 Å². The summed E-state index contributed by atoms with van der Waals surface area (Å²) in [6, 6.07) is 8.22. The third-order valence-electron chi connectivity index (χ3n) is 2.67. The van der Waals surface area contributed by atoms with Crippen molar-refractivity contribution in [3.63, 3.8) is 0 Å². The quantitative estimate of drug-likeness (QED) is 0.452. The van der Waals surface area contributed by atoms with Gasteiger partial charge in [-0.25, -0.2) is 0 Å². The maximum absolute atomic E-state index is 11.9. The van der Waals surface area contributed by atoms with E-state index in [1.807, 2.05) is 0 Å². The standard InChI is InChI=1S/C13H10N4O4S/c18-11(8-3-1-4-9(7-8)17(20)21)15-16-12(19)10-5-2-6-14-13(10)22/h1-7H,(H,14,22)(H,15,18)(H,16,19). The molecule has 1 aromatic heterocycles. The number of nitrogens with zero attached hydrogens (tertiary/aromatic N) is 1. The van der Waals surface area contributed by atoms with E-state index in [0.717, 1.165) is 6.07 Å². The fraction of sp³-hybridized carbons (Fsp3) is 0. The number of aromatic nitrogens is 1. The smallest absolute Gasteiger partial charge is 0.272 e. The lowest BCUT2D eigenvalue weighted by atomic mass is 10.2. The van der Waals surface area contributed by atoms with Gasteiger partial charge >= 0.3 is 0 Å². The Labute approximate surface area is 129 Å². The molecule has 1 heterocycles. The van der Waals surface area contributed by atoms with Crippen LogP contribution >= 0.6 is 12.2 Å². The van der Waals surface area contributed by atoms with Crippen LogP contribution in [0, 0.1) is 14.8 Å². The predicted octanol–water partition coefficient (Wildman–Crippen LogP) is 1.73. The van der Waals surface area contributed by atoms with Crippen molar-refractivity contribution < 1.29 is 14.5 Å². The van der Waals surface area contributed by atoms with Crippen LogP contribution in [0.5, 0.6) is 0 Å². The minimum Gasteiger partial charge on any atom is -0.352 e. The molecule has 0 fully saturated rings. The first kappa shape index (κ1) is 15.3. The van der Waals surface area contributed by atoms with Crippen LogP contribution in [0.2, 0.25) is 0 Å². The molecule has 0 saturated carbocycles. The first-order valence-electron chi connectivity index (χ1n) is 6.02. The van der Waals surface area contributed by atoms with E-state index in [4.69, 9.17) is 12.2 Å². The lowest BCUT2D eigenvalue weighted by molar-refractivity contribution is -0.384. The van der Waals surface area contributed by atoms with Crippen LogP contribution in [0.1, 0.15) is 20.7 Å². The van der Waals surface area contributed by atoms with E-state index in [2.05, 4.69) is 15.8 Å². The highest BCUT2D eigenvalue weighted by atomic mass is 32.1. The second-order valence-electron chi connectivity index (χ2n) is 4.13. The molecule has 0 aliphatic carbocycles. The van der Waals surface area contributed by atoms with Crippen LogP contribution in [0.25, 0.3) is 0 Å². The number of carbonyl (C=O) groups excluding carboxylic acids is 2. The van der Waals surface area contributed by atoms with Crippen molar-refractivity contribution in [3.05, 3.63) is 68.5 Å². The summed E-state index contributed by atoms with van der Waals surface area (Å²) in [5.74, 6) is -1.27. The zero-order valence-electron chi connectivity index (χ0n) is 11.0. The molecule has 112 valence electrons. The third-order valence-corrected chi connectivity index (χ3v) is 3.01. The Hall–Kier alpha value is -3.07. The summed E-state index contributed by atoms with van der Waals surface area (Å²) in [7, 11) is 0. The summed E-state index contributed by atoms with van der Waals surface area (Å²) in [5, 5.41) is 10.7. The normalized spacial score (nSPS) is 9.82. The summed E-state index contributed by atoms with van der Waals surface area (Å²) in [4.78, 5) is 36.4. The Morgan fingerprint density at radius 1 is 1.14 bits per heavy atom. The SMILES string of the molecule is O=C(NNC(=O)c1ccc[nH]c1=S)c1cccc([N+](=O)[O-])c1. The Bertz CT molecular complexity index is 802. The van der Waals surface area contributed by atoms with Gasteiger partial charge in [-0.1, -0.05) is 18.3 Å². The lowest BCUT2D eigenvalue weighted by Crippen LogP contribution is -2.41. The van der Waals surface area contributed by atoms with Crippen molar-refractivity contribution in [3.8, 4) is 0 Å². The summed E-state index contributed by atoms with van der Waals surface area (Å²) < 4.78 is 0.226. The van der Waals surface area contributed by atoms with Gasteiger partial charge in [-0.05, 0) is 18.2 Å². The fourth-order valence-electron chi connectivity index (χ4n) is 1.61. The van der Waals surface area contributed by atoms with Gasteiger partial charge in [-0.3, -0.25) is 30.6 Å². The first-order valence-corrected chi connectivity index (χ1v) is 6.42. The molecule has 3 N–H and O–H groups in total. The number of benzene rings is 1. The van der Waals surface area contributed by atoms with Gasteiger partial charge in [0, 0.05) is 23.9 Å². The Kier molecular flexibility index (Phi) is 4.59. The average molecular weight is 318 g/mol.